The predicted molar refractivity (Wildman–Crippen MR) is 127 cm³/mol. The van der Waals surface area contributed by atoms with Gasteiger partial charge in [0.05, 0.1) is 18.1 Å². The van der Waals surface area contributed by atoms with Crippen LogP contribution in [0, 0.1) is 0 Å². The Hall–Kier alpha value is -2.81. The van der Waals surface area contributed by atoms with Crippen molar-refractivity contribution >= 4 is 17.8 Å². The third kappa shape index (κ3) is 7.92. The number of rotatable bonds is 9. The number of carbonyl (C=O) groups excluding carboxylic acids is 1. The van der Waals surface area contributed by atoms with Crippen molar-refractivity contribution in [3.05, 3.63) is 60.1 Å². The zero-order valence-electron chi connectivity index (χ0n) is 19.0. The van der Waals surface area contributed by atoms with Crippen molar-refractivity contribution in [3.8, 4) is 0 Å². The first-order chi connectivity index (χ1) is 16.2. The third-order valence-corrected chi connectivity index (χ3v) is 5.92. The summed E-state index contributed by atoms with van der Waals surface area (Å²) in [5, 5.41) is 3.51. The van der Waals surface area contributed by atoms with Crippen LogP contribution in [-0.2, 0) is 20.8 Å². The molecule has 2 fully saturated rings. The summed E-state index contributed by atoms with van der Waals surface area (Å²) in [4.78, 5) is 28.5. The Kier molecular flexibility index (Phi) is 8.80. The number of piperidine rings is 1. The molecule has 2 aliphatic rings. The van der Waals surface area contributed by atoms with E-state index in [9.17, 15) is 4.79 Å². The largest absolute Gasteiger partial charge is 0.365 e. The maximum absolute atomic E-state index is 11.9. The fourth-order valence-corrected chi connectivity index (χ4v) is 4.14. The molecule has 1 amide bonds. The molecule has 2 aliphatic heterocycles. The van der Waals surface area contributed by atoms with Crippen molar-refractivity contribution in [1.82, 2.24) is 20.3 Å². The number of nitrogens with zero attached hydrogens (tertiary/aromatic N) is 3. The number of ether oxygens (including phenoxy) is 1. The molecule has 2 saturated heterocycles. The Morgan fingerprint density at radius 2 is 2.06 bits per heavy atom. The van der Waals surface area contributed by atoms with Gasteiger partial charge >= 0.3 is 0 Å². The number of nitrogens with one attached hydrogen (secondary N) is 2. The van der Waals surface area contributed by atoms with Gasteiger partial charge in [-0.15, -0.1) is 0 Å². The summed E-state index contributed by atoms with van der Waals surface area (Å²) < 4.78 is 5.41. The van der Waals surface area contributed by atoms with E-state index in [1.807, 2.05) is 0 Å². The highest BCUT2D eigenvalue weighted by molar-refractivity contribution is 5.90. The molecular formula is C25H33N5O3. The Labute approximate surface area is 195 Å². The molecule has 0 bridgehead atoms. The number of hydrogen-bond acceptors (Lipinski definition) is 7. The lowest BCUT2D eigenvalue weighted by molar-refractivity contribution is -0.198. The molecule has 8 nitrogen and oxygen atoms in total. The molecule has 0 saturated carbocycles. The Morgan fingerprint density at radius 3 is 2.85 bits per heavy atom. The highest BCUT2D eigenvalue weighted by Gasteiger charge is 2.20. The molecule has 0 spiro atoms. The van der Waals surface area contributed by atoms with Crippen LogP contribution in [0.2, 0.25) is 0 Å². The van der Waals surface area contributed by atoms with Crippen molar-refractivity contribution in [2.45, 2.75) is 50.9 Å². The molecular weight excluding hydrogens is 418 g/mol. The van der Waals surface area contributed by atoms with Crippen molar-refractivity contribution in [2.75, 3.05) is 31.6 Å². The second-order valence-electron chi connectivity index (χ2n) is 8.56. The van der Waals surface area contributed by atoms with Gasteiger partial charge in [0.1, 0.15) is 5.82 Å². The number of amides is 1. The number of benzene rings is 1. The number of carbonyl (C=O) groups is 1. The van der Waals surface area contributed by atoms with E-state index >= 15 is 0 Å². The Bertz CT molecular complexity index is 885. The van der Waals surface area contributed by atoms with Crippen LogP contribution in [-0.4, -0.2) is 59.3 Å². The van der Waals surface area contributed by atoms with Gasteiger partial charge in [0, 0.05) is 38.2 Å². The normalized spacial score (nSPS) is 21.7. The number of likely N-dealkylation sites (tertiary alicyclic amines) is 1. The summed E-state index contributed by atoms with van der Waals surface area (Å²) >= 11 is 0. The molecule has 4 rings (SSSR count). The van der Waals surface area contributed by atoms with Crippen LogP contribution >= 0.6 is 0 Å². The average Bonchev–Trinajstić information content (AvgIpc) is 2.87. The van der Waals surface area contributed by atoms with Crippen LogP contribution in [0.5, 0.6) is 0 Å². The quantitative estimate of drug-likeness (QED) is 0.447. The van der Waals surface area contributed by atoms with Crippen molar-refractivity contribution in [3.63, 3.8) is 0 Å². The van der Waals surface area contributed by atoms with Crippen LogP contribution in [0.25, 0.3) is 6.08 Å². The summed E-state index contributed by atoms with van der Waals surface area (Å²) in [6.07, 6.45) is 12.2. The molecule has 2 unspecified atom stereocenters. The van der Waals surface area contributed by atoms with Gasteiger partial charge in [-0.25, -0.2) is 15.3 Å². The van der Waals surface area contributed by atoms with E-state index < -0.39 is 0 Å². The van der Waals surface area contributed by atoms with Gasteiger partial charge in [0.25, 0.3) is 5.91 Å². The molecule has 2 aromatic rings. The second kappa shape index (κ2) is 12.4. The molecule has 3 heterocycles. The van der Waals surface area contributed by atoms with Gasteiger partial charge < -0.3 is 15.0 Å². The Morgan fingerprint density at radius 1 is 1.15 bits per heavy atom. The molecule has 1 aromatic carbocycles. The van der Waals surface area contributed by atoms with E-state index in [2.05, 4.69) is 56.0 Å². The van der Waals surface area contributed by atoms with Crippen molar-refractivity contribution in [2.24, 2.45) is 0 Å². The lowest BCUT2D eigenvalue weighted by atomic mass is 10.0. The standard InChI is InChI=1S/C25H33N5O3/c31-24(29-33-25-10-4-5-16-32-25)12-11-21-17-27-23(18-26-21)28-22-9-6-14-30(19-22)15-13-20-7-2-1-3-8-20/h1-3,7-8,11-12,17-18,22,25H,4-6,9-10,13-16,19H2,(H,27,28)(H,29,31)/b12-11+. The second-order valence-corrected chi connectivity index (χ2v) is 8.56. The molecule has 8 heteroatoms. The molecule has 0 aliphatic carbocycles. The number of aromatic nitrogens is 2. The smallest absolute Gasteiger partial charge is 0.267 e. The monoisotopic (exact) mass is 451 g/mol. The van der Waals surface area contributed by atoms with Gasteiger partial charge in [0.15, 0.2) is 6.29 Å². The zero-order valence-corrected chi connectivity index (χ0v) is 19.0. The summed E-state index contributed by atoms with van der Waals surface area (Å²) in [5.74, 6) is 0.398. The van der Waals surface area contributed by atoms with Gasteiger partial charge in [-0.1, -0.05) is 30.3 Å². The zero-order chi connectivity index (χ0) is 22.7. The molecule has 33 heavy (non-hydrogen) atoms. The van der Waals surface area contributed by atoms with E-state index in [1.54, 1.807) is 18.5 Å². The fourth-order valence-electron chi connectivity index (χ4n) is 4.14. The highest BCUT2D eigenvalue weighted by atomic mass is 16.8. The van der Waals surface area contributed by atoms with Crippen LogP contribution in [0.15, 0.2) is 48.8 Å². The highest BCUT2D eigenvalue weighted by Crippen LogP contribution is 2.16. The van der Waals surface area contributed by atoms with E-state index in [1.165, 1.54) is 18.1 Å². The molecule has 0 radical (unpaired) electrons. The maximum Gasteiger partial charge on any atom is 0.267 e. The lowest BCUT2D eigenvalue weighted by Gasteiger charge is -2.33. The number of hydrogen-bond donors (Lipinski definition) is 2. The summed E-state index contributed by atoms with van der Waals surface area (Å²) in [6, 6.07) is 11.0. The minimum absolute atomic E-state index is 0.356. The molecule has 2 N–H and O–H groups in total. The SMILES string of the molecule is O=C(/C=C/c1cnc(NC2CCCN(CCc3ccccc3)C2)cn1)NOC1CCCCO1. The first-order valence-corrected chi connectivity index (χ1v) is 11.8. The minimum atomic E-state index is -0.365. The average molecular weight is 452 g/mol. The van der Waals surface area contributed by atoms with Gasteiger partial charge in [-0.05, 0) is 50.3 Å². The van der Waals surface area contributed by atoms with Crippen molar-refractivity contribution in [1.29, 1.82) is 0 Å². The van der Waals surface area contributed by atoms with Gasteiger partial charge in [-0.2, -0.15) is 0 Å². The summed E-state index contributed by atoms with van der Waals surface area (Å²) in [7, 11) is 0. The van der Waals surface area contributed by atoms with E-state index in [4.69, 9.17) is 9.57 Å². The van der Waals surface area contributed by atoms with E-state index in [-0.39, 0.29) is 12.2 Å². The number of hydroxylamine groups is 1. The summed E-state index contributed by atoms with van der Waals surface area (Å²) in [6.45, 7) is 3.87. The first kappa shape index (κ1) is 23.4. The Balaban J connectivity index is 1.19. The lowest BCUT2D eigenvalue weighted by Crippen LogP contribution is -2.43. The molecule has 176 valence electrons. The fraction of sp³-hybridized carbons (Fsp3) is 0.480. The first-order valence-electron chi connectivity index (χ1n) is 11.8. The predicted octanol–water partition coefficient (Wildman–Crippen LogP) is 3.18. The van der Waals surface area contributed by atoms with E-state index in [0.717, 1.165) is 57.6 Å². The summed E-state index contributed by atoms with van der Waals surface area (Å²) in [5.41, 5.74) is 4.39. The van der Waals surface area contributed by atoms with E-state index in [0.29, 0.717) is 18.3 Å². The molecule has 2 atom stereocenters. The van der Waals surface area contributed by atoms with Crippen LogP contribution in [0.1, 0.15) is 43.4 Å². The van der Waals surface area contributed by atoms with Crippen LogP contribution < -0.4 is 10.8 Å². The van der Waals surface area contributed by atoms with Gasteiger partial charge in [0.2, 0.25) is 0 Å². The van der Waals surface area contributed by atoms with Crippen LogP contribution in [0.3, 0.4) is 0 Å². The maximum atomic E-state index is 11.9. The number of anilines is 1. The minimum Gasteiger partial charge on any atom is -0.365 e. The van der Waals surface area contributed by atoms with Crippen LogP contribution in [0.4, 0.5) is 5.82 Å². The molecule has 1 aromatic heterocycles. The van der Waals surface area contributed by atoms with Crippen molar-refractivity contribution < 1.29 is 14.4 Å². The third-order valence-electron chi connectivity index (χ3n) is 5.92. The topological polar surface area (TPSA) is 88.6 Å². The van der Waals surface area contributed by atoms with Gasteiger partial charge in [-0.3, -0.25) is 9.78 Å².